The average Bonchev–Trinajstić information content (AvgIpc) is 2.64. The van der Waals surface area contributed by atoms with Crippen molar-refractivity contribution in [3.63, 3.8) is 0 Å². The Kier molecular flexibility index (Phi) is 5.01. The summed E-state index contributed by atoms with van der Waals surface area (Å²) in [6.45, 7) is 3.64. The first-order chi connectivity index (χ1) is 10.0. The van der Waals surface area contributed by atoms with Gasteiger partial charge < -0.3 is 14.8 Å². The molecule has 0 radical (unpaired) electrons. The first kappa shape index (κ1) is 15.6. The molecule has 116 valence electrons. The van der Waals surface area contributed by atoms with Crippen molar-refractivity contribution in [3.05, 3.63) is 23.5 Å². The molecule has 1 fully saturated rings. The maximum Gasteiger partial charge on any atom is 0.221 e. The number of nitrogens with zero attached hydrogens (tertiary/aromatic N) is 1. The molecule has 6 heteroatoms. The van der Waals surface area contributed by atoms with Gasteiger partial charge in [-0.15, -0.1) is 0 Å². The number of ether oxygens (including phenoxy) is 2. The lowest BCUT2D eigenvalue weighted by Gasteiger charge is -2.26. The molecule has 2 rings (SSSR count). The van der Waals surface area contributed by atoms with Crippen molar-refractivity contribution in [1.82, 2.24) is 10.2 Å². The lowest BCUT2D eigenvalue weighted by atomic mass is 10.1. The molecular formula is C15H21FN2O3. The number of hydrogen-bond donors (Lipinski definition) is 1. The second-order valence-electron chi connectivity index (χ2n) is 5.17. The van der Waals surface area contributed by atoms with Gasteiger partial charge in [0.2, 0.25) is 5.91 Å². The number of carbonyl (C=O) groups is 1. The lowest BCUT2D eigenvalue weighted by molar-refractivity contribution is -0.120. The molecular weight excluding hydrogens is 275 g/mol. The minimum Gasteiger partial charge on any atom is -0.493 e. The Morgan fingerprint density at radius 2 is 2.00 bits per heavy atom. The number of hydrogen-bond acceptors (Lipinski definition) is 4. The molecule has 1 N–H and O–H groups in total. The second kappa shape index (κ2) is 6.76. The third-order valence-corrected chi connectivity index (χ3v) is 3.77. The first-order valence-corrected chi connectivity index (χ1v) is 6.96. The van der Waals surface area contributed by atoms with Crippen LogP contribution in [0.15, 0.2) is 12.1 Å². The fourth-order valence-electron chi connectivity index (χ4n) is 2.42. The van der Waals surface area contributed by atoms with E-state index < -0.39 is 0 Å². The third-order valence-electron chi connectivity index (χ3n) is 3.77. The molecule has 5 nitrogen and oxygen atoms in total. The number of halogens is 1. The van der Waals surface area contributed by atoms with Crippen molar-refractivity contribution < 1.29 is 18.7 Å². The maximum atomic E-state index is 14.2. The van der Waals surface area contributed by atoms with Gasteiger partial charge in [-0.3, -0.25) is 9.69 Å². The molecule has 1 atom stereocenters. The van der Waals surface area contributed by atoms with Crippen LogP contribution in [0.25, 0.3) is 0 Å². The van der Waals surface area contributed by atoms with Crippen molar-refractivity contribution in [3.8, 4) is 11.5 Å². The van der Waals surface area contributed by atoms with Crippen molar-refractivity contribution in [2.45, 2.75) is 25.9 Å². The molecule has 1 amide bonds. The SMILES string of the molecule is COc1cc(F)c(CN2CCC(=O)NC[C@H]2C)cc1OC. The van der Waals surface area contributed by atoms with Gasteiger partial charge in [0.05, 0.1) is 14.2 Å². The molecule has 0 spiro atoms. The van der Waals surface area contributed by atoms with E-state index in [2.05, 4.69) is 10.2 Å². The number of methoxy groups -OCH3 is 2. The Bertz CT molecular complexity index is 522. The summed E-state index contributed by atoms with van der Waals surface area (Å²) >= 11 is 0. The van der Waals surface area contributed by atoms with Gasteiger partial charge in [0.1, 0.15) is 5.82 Å². The second-order valence-corrected chi connectivity index (χ2v) is 5.17. The minimum absolute atomic E-state index is 0.0390. The van der Waals surface area contributed by atoms with Crippen molar-refractivity contribution in [2.75, 3.05) is 27.3 Å². The van der Waals surface area contributed by atoms with Crippen molar-refractivity contribution in [1.29, 1.82) is 0 Å². The van der Waals surface area contributed by atoms with Crippen LogP contribution in [0.1, 0.15) is 18.9 Å². The molecule has 1 aliphatic heterocycles. The predicted octanol–water partition coefficient (Wildman–Crippen LogP) is 1.55. The van der Waals surface area contributed by atoms with Gasteiger partial charge >= 0.3 is 0 Å². The van der Waals surface area contributed by atoms with E-state index in [9.17, 15) is 9.18 Å². The summed E-state index contributed by atoms with van der Waals surface area (Å²) < 4.78 is 24.5. The molecule has 0 unspecified atom stereocenters. The molecule has 1 aromatic rings. The Labute approximate surface area is 124 Å². The van der Waals surface area contributed by atoms with Crippen LogP contribution >= 0.6 is 0 Å². The topological polar surface area (TPSA) is 50.8 Å². The fourth-order valence-corrected chi connectivity index (χ4v) is 2.42. The minimum atomic E-state index is -0.330. The highest BCUT2D eigenvalue weighted by Gasteiger charge is 2.22. The summed E-state index contributed by atoms with van der Waals surface area (Å²) in [7, 11) is 3.00. The molecule has 1 heterocycles. The zero-order valence-electron chi connectivity index (χ0n) is 12.6. The molecule has 0 aromatic heterocycles. The Morgan fingerprint density at radius 3 is 2.67 bits per heavy atom. The summed E-state index contributed by atoms with van der Waals surface area (Å²) in [6, 6.07) is 3.14. The summed E-state index contributed by atoms with van der Waals surface area (Å²) in [5.74, 6) is 0.589. The summed E-state index contributed by atoms with van der Waals surface area (Å²) in [6.07, 6.45) is 0.430. The van der Waals surface area contributed by atoms with Crippen LogP contribution in [-0.4, -0.2) is 44.2 Å². The maximum absolute atomic E-state index is 14.2. The zero-order chi connectivity index (χ0) is 15.4. The number of amides is 1. The van der Waals surface area contributed by atoms with E-state index in [0.29, 0.717) is 43.1 Å². The normalized spacial score (nSPS) is 19.8. The quantitative estimate of drug-likeness (QED) is 0.916. The third kappa shape index (κ3) is 3.64. The molecule has 0 saturated carbocycles. The van der Waals surface area contributed by atoms with Crippen molar-refractivity contribution in [2.24, 2.45) is 0 Å². The molecule has 0 bridgehead atoms. The van der Waals surface area contributed by atoms with E-state index >= 15 is 0 Å². The van der Waals surface area contributed by atoms with Crippen LogP contribution in [0.2, 0.25) is 0 Å². The molecule has 1 aliphatic rings. The summed E-state index contributed by atoms with van der Waals surface area (Å²) in [5, 5.41) is 2.85. The van der Waals surface area contributed by atoms with Crippen LogP contribution in [0.5, 0.6) is 11.5 Å². The van der Waals surface area contributed by atoms with E-state index in [1.54, 1.807) is 6.07 Å². The monoisotopic (exact) mass is 296 g/mol. The van der Waals surface area contributed by atoms with E-state index in [1.807, 2.05) is 6.92 Å². The van der Waals surface area contributed by atoms with Crippen LogP contribution in [0, 0.1) is 5.82 Å². The zero-order valence-corrected chi connectivity index (χ0v) is 12.6. The predicted molar refractivity (Wildman–Crippen MR) is 77.0 cm³/mol. The molecule has 0 aliphatic carbocycles. The van der Waals surface area contributed by atoms with Gasteiger partial charge in [0.15, 0.2) is 11.5 Å². The van der Waals surface area contributed by atoms with Crippen LogP contribution in [0.3, 0.4) is 0 Å². The fraction of sp³-hybridized carbons (Fsp3) is 0.533. The Hall–Kier alpha value is -1.82. The largest absolute Gasteiger partial charge is 0.493 e. The highest BCUT2D eigenvalue weighted by molar-refractivity contribution is 5.76. The van der Waals surface area contributed by atoms with E-state index in [-0.39, 0.29) is 17.8 Å². The van der Waals surface area contributed by atoms with Gasteiger partial charge in [0, 0.05) is 43.7 Å². The van der Waals surface area contributed by atoms with Crippen LogP contribution in [0.4, 0.5) is 4.39 Å². The Morgan fingerprint density at radius 1 is 1.33 bits per heavy atom. The average molecular weight is 296 g/mol. The highest BCUT2D eigenvalue weighted by Crippen LogP contribution is 2.30. The number of nitrogens with one attached hydrogen (secondary N) is 1. The van der Waals surface area contributed by atoms with Crippen LogP contribution < -0.4 is 14.8 Å². The molecule has 21 heavy (non-hydrogen) atoms. The van der Waals surface area contributed by atoms with Gasteiger partial charge in [-0.1, -0.05) is 0 Å². The van der Waals surface area contributed by atoms with E-state index in [4.69, 9.17) is 9.47 Å². The standard InChI is InChI=1S/C15H21FN2O3/c1-10-8-17-15(19)4-5-18(10)9-11-6-13(20-2)14(21-3)7-12(11)16/h6-7,10H,4-5,8-9H2,1-3H3,(H,17,19)/t10-/m1/s1. The molecule has 1 saturated heterocycles. The van der Waals surface area contributed by atoms with Gasteiger partial charge in [-0.2, -0.15) is 0 Å². The van der Waals surface area contributed by atoms with Gasteiger partial charge in [-0.05, 0) is 13.0 Å². The smallest absolute Gasteiger partial charge is 0.221 e. The van der Waals surface area contributed by atoms with Gasteiger partial charge in [0.25, 0.3) is 0 Å². The number of benzene rings is 1. The Balaban J connectivity index is 2.20. The first-order valence-electron chi connectivity index (χ1n) is 6.96. The summed E-state index contributed by atoms with van der Waals surface area (Å²) in [5.41, 5.74) is 0.536. The summed E-state index contributed by atoms with van der Waals surface area (Å²) in [4.78, 5) is 13.5. The highest BCUT2D eigenvalue weighted by atomic mass is 19.1. The van der Waals surface area contributed by atoms with Gasteiger partial charge in [-0.25, -0.2) is 4.39 Å². The lowest BCUT2D eigenvalue weighted by Crippen LogP contribution is -2.37. The number of carbonyl (C=O) groups excluding carboxylic acids is 1. The van der Waals surface area contributed by atoms with Crippen LogP contribution in [-0.2, 0) is 11.3 Å². The van der Waals surface area contributed by atoms with E-state index in [1.165, 1.54) is 20.3 Å². The van der Waals surface area contributed by atoms with Crippen molar-refractivity contribution >= 4 is 5.91 Å². The number of rotatable bonds is 4. The van der Waals surface area contributed by atoms with E-state index in [0.717, 1.165) is 0 Å². The molecule has 1 aromatic carbocycles.